The first-order valence-electron chi connectivity index (χ1n) is 15.2. The number of pyridine rings is 1. The lowest BCUT2D eigenvalue weighted by Crippen LogP contribution is -2.29. The second kappa shape index (κ2) is 13.0. The number of ether oxygens (including phenoxy) is 1. The highest BCUT2D eigenvalue weighted by molar-refractivity contribution is 7.80. The molecular weight excluding hydrogens is 579 g/mol. The van der Waals surface area contributed by atoms with Gasteiger partial charge in [-0.25, -0.2) is 0 Å². The summed E-state index contributed by atoms with van der Waals surface area (Å²) in [4.78, 5) is 19.5. The van der Waals surface area contributed by atoms with Gasteiger partial charge in [-0.3, -0.25) is 9.78 Å². The van der Waals surface area contributed by atoms with Crippen LogP contribution >= 0.6 is 12.2 Å². The van der Waals surface area contributed by atoms with Crippen LogP contribution in [0.2, 0.25) is 0 Å². The number of carbonyl (C=O) groups excluding carboxylic acids is 1. The molecule has 6 rings (SSSR count). The molecule has 0 unspecified atom stereocenters. The Labute approximate surface area is 269 Å². The molecule has 7 nitrogen and oxygen atoms in total. The Morgan fingerprint density at radius 3 is 2.42 bits per heavy atom. The molecule has 3 heterocycles. The Morgan fingerprint density at radius 2 is 1.71 bits per heavy atom. The largest absolute Gasteiger partial charge is 0.484 e. The van der Waals surface area contributed by atoms with Crippen molar-refractivity contribution >= 4 is 34.6 Å². The van der Waals surface area contributed by atoms with E-state index in [2.05, 4.69) is 72.1 Å². The third-order valence-corrected chi connectivity index (χ3v) is 8.67. The molecule has 228 valence electrons. The number of benzene rings is 3. The van der Waals surface area contributed by atoms with Gasteiger partial charge in [-0.1, -0.05) is 49.4 Å². The third kappa shape index (κ3) is 6.06. The molecule has 5 aromatic rings. The molecule has 1 fully saturated rings. The average molecular weight is 616 g/mol. The normalized spacial score (nSPS) is 16.0. The van der Waals surface area contributed by atoms with Crippen LogP contribution in [0.1, 0.15) is 52.8 Å². The fourth-order valence-corrected chi connectivity index (χ4v) is 6.62. The summed E-state index contributed by atoms with van der Waals surface area (Å²) in [6.45, 7) is 8.67. The van der Waals surface area contributed by atoms with Crippen LogP contribution in [0.3, 0.4) is 0 Å². The van der Waals surface area contributed by atoms with E-state index in [9.17, 15) is 4.79 Å². The van der Waals surface area contributed by atoms with Crippen molar-refractivity contribution in [3.8, 4) is 11.4 Å². The molecular formula is C37H37N5O2S. The van der Waals surface area contributed by atoms with E-state index in [0.29, 0.717) is 16.5 Å². The van der Waals surface area contributed by atoms with Crippen molar-refractivity contribution in [1.82, 2.24) is 14.9 Å². The molecule has 0 aliphatic carbocycles. The van der Waals surface area contributed by atoms with Gasteiger partial charge in [-0.15, -0.1) is 0 Å². The number of para-hydroxylation sites is 2. The van der Waals surface area contributed by atoms with Gasteiger partial charge in [-0.05, 0) is 111 Å². The van der Waals surface area contributed by atoms with Crippen molar-refractivity contribution < 1.29 is 9.53 Å². The molecule has 1 aliphatic rings. The van der Waals surface area contributed by atoms with E-state index in [4.69, 9.17) is 21.9 Å². The van der Waals surface area contributed by atoms with Crippen LogP contribution < -0.4 is 20.3 Å². The minimum Gasteiger partial charge on any atom is -0.484 e. The lowest BCUT2D eigenvalue weighted by Gasteiger charge is -2.28. The number of anilines is 2. The van der Waals surface area contributed by atoms with Crippen molar-refractivity contribution in [1.29, 1.82) is 0 Å². The van der Waals surface area contributed by atoms with Crippen LogP contribution in [0.15, 0.2) is 103 Å². The summed E-state index contributed by atoms with van der Waals surface area (Å²) in [6, 6.07) is 31.6. The highest BCUT2D eigenvalue weighted by Gasteiger charge is 2.42. The Hall–Kier alpha value is -4.95. The quantitative estimate of drug-likeness (QED) is 0.167. The Kier molecular flexibility index (Phi) is 8.67. The summed E-state index contributed by atoms with van der Waals surface area (Å²) in [7, 11) is 0. The van der Waals surface area contributed by atoms with Crippen molar-refractivity contribution in [2.75, 3.05) is 16.8 Å². The zero-order valence-corrected chi connectivity index (χ0v) is 26.8. The first-order valence-corrected chi connectivity index (χ1v) is 15.6. The number of nitrogens with one attached hydrogen (secondary N) is 2. The maximum Gasteiger partial charge on any atom is 0.262 e. The zero-order valence-electron chi connectivity index (χ0n) is 26.0. The molecule has 0 radical (unpaired) electrons. The van der Waals surface area contributed by atoms with Gasteiger partial charge < -0.3 is 24.8 Å². The highest BCUT2D eigenvalue weighted by atomic mass is 32.1. The second-order valence-electron chi connectivity index (χ2n) is 11.3. The van der Waals surface area contributed by atoms with Crippen molar-refractivity contribution in [3.63, 3.8) is 0 Å². The van der Waals surface area contributed by atoms with E-state index in [1.807, 2.05) is 79.0 Å². The van der Waals surface area contributed by atoms with Gasteiger partial charge >= 0.3 is 0 Å². The molecule has 2 atom stereocenters. The Bertz CT molecular complexity index is 1820. The SMILES string of the molecule is CCc1cccc(C)c1-n1c(C)cc([C@@H]2[C@H](c3ccccn3)NC(=S)N2c2ccc(NC(=O)COc3ccccc3)cc2)c1C. The van der Waals surface area contributed by atoms with E-state index in [1.165, 1.54) is 33.8 Å². The highest BCUT2D eigenvalue weighted by Crippen LogP contribution is 2.44. The van der Waals surface area contributed by atoms with E-state index >= 15 is 0 Å². The summed E-state index contributed by atoms with van der Waals surface area (Å²) in [6.07, 6.45) is 2.77. The van der Waals surface area contributed by atoms with Gasteiger partial charge in [-0.2, -0.15) is 0 Å². The minimum absolute atomic E-state index is 0.0734. The first kappa shape index (κ1) is 30.1. The van der Waals surface area contributed by atoms with Crippen molar-refractivity contribution in [2.45, 2.75) is 46.2 Å². The number of amides is 1. The van der Waals surface area contributed by atoms with Gasteiger partial charge in [0, 0.05) is 29.0 Å². The van der Waals surface area contributed by atoms with E-state index in [-0.39, 0.29) is 24.6 Å². The lowest BCUT2D eigenvalue weighted by molar-refractivity contribution is -0.118. The summed E-state index contributed by atoms with van der Waals surface area (Å²) in [5.74, 6) is 0.424. The number of aromatic nitrogens is 2. The molecule has 1 amide bonds. The van der Waals surface area contributed by atoms with Crippen LogP contribution in [0, 0.1) is 20.8 Å². The van der Waals surface area contributed by atoms with Crippen LogP contribution in [-0.4, -0.2) is 27.2 Å². The summed E-state index contributed by atoms with van der Waals surface area (Å²) < 4.78 is 7.98. The van der Waals surface area contributed by atoms with Crippen LogP contribution in [0.25, 0.3) is 5.69 Å². The van der Waals surface area contributed by atoms with Gasteiger partial charge in [0.25, 0.3) is 5.91 Å². The molecule has 8 heteroatoms. The molecule has 0 bridgehead atoms. The molecule has 0 spiro atoms. The number of carbonyl (C=O) groups is 1. The number of hydrogen-bond acceptors (Lipinski definition) is 4. The van der Waals surface area contributed by atoms with E-state index in [1.54, 1.807) is 0 Å². The van der Waals surface area contributed by atoms with Gasteiger partial charge in [0.15, 0.2) is 11.7 Å². The van der Waals surface area contributed by atoms with Crippen LogP contribution in [0.5, 0.6) is 5.75 Å². The van der Waals surface area contributed by atoms with Crippen molar-refractivity contribution in [2.24, 2.45) is 0 Å². The van der Waals surface area contributed by atoms with E-state index < -0.39 is 0 Å². The summed E-state index contributed by atoms with van der Waals surface area (Å²) >= 11 is 5.99. The average Bonchev–Trinajstić information content (AvgIpc) is 3.55. The maximum atomic E-state index is 12.6. The predicted octanol–water partition coefficient (Wildman–Crippen LogP) is 7.55. The van der Waals surface area contributed by atoms with Crippen LogP contribution in [-0.2, 0) is 11.2 Å². The van der Waals surface area contributed by atoms with Crippen LogP contribution in [0.4, 0.5) is 11.4 Å². The van der Waals surface area contributed by atoms with Gasteiger partial charge in [0.2, 0.25) is 0 Å². The molecule has 45 heavy (non-hydrogen) atoms. The monoisotopic (exact) mass is 615 g/mol. The number of nitrogens with zero attached hydrogens (tertiary/aromatic N) is 3. The summed E-state index contributed by atoms with van der Waals surface area (Å²) in [5, 5.41) is 7.13. The number of thiocarbonyl (C=S) groups is 1. The maximum absolute atomic E-state index is 12.6. The van der Waals surface area contributed by atoms with E-state index in [0.717, 1.165) is 17.8 Å². The Morgan fingerprint density at radius 1 is 0.956 bits per heavy atom. The Balaban J connectivity index is 1.33. The fourth-order valence-electron chi connectivity index (χ4n) is 6.27. The molecule has 1 aliphatic heterocycles. The lowest BCUT2D eigenvalue weighted by atomic mass is 9.96. The van der Waals surface area contributed by atoms with Gasteiger partial charge in [0.1, 0.15) is 5.75 Å². The second-order valence-corrected chi connectivity index (χ2v) is 11.7. The fraction of sp³-hybridized carbons (Fsp3) is 0.216. The van der Waals surface area contributed by atoms with Crippen molar-refractivity contribution in [3.05, 3.63) is 137 Å². The molecule has 3 aromatic carbocycles. The van der Waals surface area contributed by atoms with Gasteiger partial charge in [0.05, 0.1) is 23.5 Å². The number of aryl methyl sites for hydroxylation is 3. The standard InChI is InChI=1S/C37H37N5O2S/c1-5-27-13-11-12-24(2)35(27)41-25(3)22-31(26(41)4)36-34(32-16-9-10-21-38-32)40-37(45)42(36)29-19-17-28(18-20-29)39-33(43)23-44-30-14-7-6-8-15-30/h6-22,34,36H,5,23H2,1-4H3,(H,39,43)(H,40,45)/t34-,36+/m0/s1. The minimum atomic E-state index is -0.229. The summed E-state index contributed by atoms with van der Waals surface area (Å²) in [5.41, 5.74) is 9.83. The first-order chi connectivity index (χ1) is 21.9. The topological polar surface area (TPSA) is 71.4 Å². The third-order valence-electron chi connectivity index (χ3n) is 8.36. The number of hydrogen-bond donors (Lipinski definition) is 2. The zero-order chi connectivity index (χ0) is 31.5. The number of rotatable bonds is 9. The molecule has 2 aromatic heterocycles. The molecule has 1 saturated heterocycles. The molecule has 2 N–H and O–H groups in total. The predicted molar refractivity (Wildman–Crippen MR) is 184 cm³/mol. The smallest absolute Gasteiger partial charge is 0.262 e. The molecule has 0 saturated carbocycles.